The van der Waals surface area contributed by atoms with Gasteiger partial charge in [0.2, 0.25) is 5.95 Å². The van der Waals surface area contributed by atoms with E-state index in [1.807, 2.05) is 0 Å². The topological polar surface area (TPSA) is 162 Å². The first-order chi connectivity index (χ1) is 17.3. The number of esters is 3. The number of nitrogens with zero attached hydrogens (tertiary/aromatic N) is 3. The molecular weight excluding hydrogens is 472 g/mol. The third-order valence-corrected chi connectivity index (χ3v) is 5.25. The van der Waals surface area contributed by atoms with Crippen molar-refractivity contribution in [2.45, 2.75) is 31.5 Å². The Kier molecular flexibility index (Phi) is 7.35. The molecule has 0 bridgehead atoms. The number of carbonyl (C=O) groups is 3. The number of rotatable bonds is 7. The molecule has 0 radical (unpaired) electrons. The maximum atomic E-state index is 12.9. The zero-order valence-corrected chi connectivity index (χ0v) is 19.1. The predicted molar refractivity (Wildman–Crippen MR) is 123 cm³/mol. The smallest absolute Gasteiger partial charge is 0.354 e. The van der Waals surface area contributed by atoms with Gasteiger partial charge in [-0.05, 0) is 24.3 Å². The Morgan fingerprint density at radius 2 is 1.56 bits per heavy atom. The maximum Gasteiger partial charge on any atom is 0.354 e. The summed E-state index contributed by atoms with van der Waals surface area (Å²) in [6, 6.07) is 16.3. The second kappa shape index (κ2) is 10.8. The van der Waals surface area contributed by atoms with Gasteiger partial charge >= 0.3 is 23.6 Å². The van der Waals surface area contributed by atoms with Crippen molar-refractivity contribution >= 4 is 23.9 Å². The number of hydrogen-bond acceptors (Lipinski definition) is 11. The quantitative estimate of drug-likeness (QED) is 0.370. The lowest BCUT2D eigenvalue weighted by molar-refractivity contribution is -0.156. The van der Waals surface area contributed by atoms with Gasteiger partial charge in [0.15, 0.2) is 18.4 Å². The van der Waals surface area contributed by atoms with E-state index in [0.717, 1.165) is 17.8 Å². The maximum absolute atomic E-state index is 12.9. The molecule has 186 valence electrons. The van der Waals surface area contributed by atoms with Gasteiger partial charge in [0.05, 0.1) is 11.1 Å². The van der Waals surface area contributed by atoms with Crippen molar-refractivity contribution in [3.05, 3.63) is 88.6 Å². The number of anilines is 1. The van der Waals surface area contributed by atoms with Crippen molar-refractivity contribution in [1.82, 2.24) is 14.5 Å². The predicted octanol–water partition coefficient (Wildman–Crippen LogP) is 1.13. The standard InChI is InChI=1S/C24H22N4O8/c1-14(29)34-19-18(36-22(31)16-10-6-3-7-11-16)17(12-33-21(30)15-8-4-2-5-9-15)35-20(19)28-13-26-23(25)27-24(28)32/h2-11,13,17-20H,12H2,1H3,(H2,25,27,32)/t17-,18+,19-,20-/m0/s1. The van der Waals surface area contributed by atoms with Gasteiger partial charge in [-0.2, -0.15) is 4.98 Å². The molecule has 1 aliphatic rings. The molecule has 4 rings (SSSR count). The molecule has 0 unspecified atom stereocenters. The molecule has 3 aromatic rings. The first-order valence-electron chi connectivity index (χ1n) is 10.8. The highest BCUT2D eigenvalue weighted by atomic mass is 16.7. The van der Waals surface area contributed by atoms with Crippen molar-refractivity contribution in [3.8, 4) is 0 Å². The number of benzene rings is 2. The number of ether oxygens (including phenoxy) is 4. The highest BCUT2D eigenvalue weighted by Gasteiger charge is 2.51. The highest BCUT2D eigenvalue weighted by molar-refractivity contribution is 5.90. The van der Waals surface area contributed by atoms with Crippen LogP contribution in [0.5, 0.6) is 0 Å². The third-order valence-electron chi connectivity index (χ3n) is 5.25. The molecule has 12 heteroatoms. The summed E-state index contributed by atoms with van der Waals surface area (Å²) in [5.74, 6) is -2.37. The number of hydrogen-bond donors (Lipinski definition) is 1. The lowest BCUT2D eigenvalue weighted by Crippen LogP contribution is -2.42. The van der Waals surface area contributed by atoms with Gasteiger partial charge in [0.1, 0.15) is 19.0 Å². The molecule has 36 heavy (non-hydrogen) atoms. The van der Waals surface area contributed by atoms with E-state index in [0.29, 0.717) is 5.56 Å². The van der Waals surface area contributed by atoms with Crippen LogP contribution in [-0.2, 0) is 23.7 Å². The van der Waals surface area contributed by atoms with Crippen LogP contribution < -0.4 is 11.4 Å². The summed E-state index contributed by atoms with van der Waals surface area (Å²) in [5, 5.41) is 0. The molecule has 0 aliphatic carbocycles. The Balaban J connectivity index is 1.64. The molecule has 1 aliphatic heterocycles. The van der Waals surface area contributed by atoms with Gasteiger partial charge in [0, 0.05) is 6.92 Å². The molecule has 2 N–H and O–H groups in total. The molecule has 0 spiro atoms. The average Bonchev–Trinajstić information content (AvgIpc) is 3.19. The summed E-state index contributed by atoms with van der Waals surface area (Å²) in [5.41, 5.74) is 5.17. The summed E-state index contributed by atoms with van der Waals surface area (Å²) in [6.45, 7) is 0.775. The zero-order chi connectivity index (χ0) is 25.7. The molecule has 2 aromatic carbocycles. The van der Waals surface area contributed by atoms with E-state index in [1.54, 1.807) is 60.7 Å². The molecule has 4 atom stereocenters. The van der Waals surface area contributed by atoms with Gasteiger partial charge in [0.25, 0.3) is 0 Å². The Bertz CT molecular complexity index is 1300. The first kappa shape index (κ1) is 24.5. The molecule has 2 heterocycles. The van der Waals surface area contributed by atoms with Crippen molar-refractivity contribution in [3.63, 3.8) is 0 Å². The van der Waals surface area contributed by atoms with Gasteiger partial charge in [-0.1, -0.05) is 36.4 Å². The fourth-order valence-corrected chi connectivity index (χ4v) is 3.64. The van der Waals surface area contributed by atoms with Crippen LogP contribution in [0.3, 0.4) is 0 Å². The number of carbonyl (C=O) groups excluding carboxylic acids is 3. The van der Waals surface area contributed by atoms with E-state index >= 15 is 0 Å². The molecule has 12 nitrogen and oxygen atoms in total. The number of nitrogen functional groups attached to an aromatic ring is 1. The number of aromatic nitrogens is 3. The van der Waals surface area contributed by atoms with Crippen molar-refractivity contribution in [1.29, 1.82) is 0 Å². The fourth-order valence-electron chi connectivity index (χ4n) is 3.64. The molecular formula is C24H22N4O8. The third kappa shape index (κ3) is 5.55. The summed E-state index contributed by atoms with van der Waals surface area (Å²) in [4.78, 5) is 57.1. The van der Waals surface area contributed by atoms with Crippen LogP contribution in [0.15, 0.2) is 71.8 Å². The Morgan fingerprint density at radius 1 is 0.944 bits per heavy atom. The van der Waals surface area contributed by atoms with Crippen molar-refractivity contribution in [2.75, 3.05) is 12.3 Å². The van der Waals surface area contributed by atoms with E-state index in [1.165, 1.54) is 0 Å². The van der Waals surface area contributed by atoms with Gasteiger partial charge < -0.3 is 24.7 Å². The molecule has 1 aromatic heterocycles. The van der Waals surface area contributed by atoms with Crippen LogP contribution in [0.2, 0.25) is 0 Å². The number of nitrogens with two attached hydrogens (primary N) is 1. The van der Waals surface area contributed by atoms with Crippen LogP contribution in [0.4, 0.5) is 5.95 Å². The van der Waals surface area contributed by atoms with Crippen LogP contribution in [0.25, 0.3) is 0 Å². The monoisotopic (exact) mass is 494 g/mol. The normalized spacial score (nSPS) is 20.9. The minimum absolute atomic E-state index is 0.232. The summed E-state index contributed by atoms with van der Waals surface area (Å²) >= 11 is 0. The molecule has 0 saturated carbocycles. The Morgan fingerprint density at radius 3 is 2.14 bits per heavy atom. The van der Waals surface area contributed by atoms with E-state index in [9.17, 15) is 19.2 Å². The van der Waals surface area contributed by atoms with E-state index in [4.69, 9.17) is 24.7 Å². The summed E-state index contributed by atoms with van der Waals surface area (Å²) in [7, 11) is 0. The van der Waals surface area contributed by atoms with Crippen molar-refractivity contribution < 1.29 is 33.3 Å². The minimum Gasteiger partial charge on any atom is -0.459 e. The van der Waals surface area contributed by atoms with Gasteiger partial charge in [-0.15, -0.1) is 0 Å². The Hall–Kier alpha value is -4.58. The lowest BCUT2D eigenvalue weighted by Gasteiger charge is -2.24. The fraction of sp³-hybridized carbons (Fsp3) is 0.250. The Labute approximate surface area is 204 Å². The van der Waals surface area contributed by atoms with Crippen LogP contribution >= 0.6 is 0 Å². The van der Waals surface area contributed by atoms with Gasteiger partial charge in [-0.3, -0.25) is 9.36 Å². The van der Waals surface area contributed by atoms with E-state index in [-0.39, 0.29) is 18.1 Å². The molecule has 1 fully saturated rings. The summed E-state index contributed by atoms with van der Waals surface area (Å²) in [6.07, 6.45) is -3.87. The van der Waals surface area contributed by atoms with Gasteiger partial charge in [-0.25, -0.2) is 19.4 Å². The van der Waals surface area contributed by atoms with E-state index in [2.05, 4.69) is 9.97 Å². The van der Waals surface area contributed by atoms with E-state index < -0.39 is 48.1 Å². The SMILES string of the molecule is CC(=O)O[C@H]1[C@H](OC(=O)c2ccccc2)[C@H](COC(=O)c2ccccc2)O[C@@H]1n1cnc(N)nc1=O. The molecule has 0 amide bonds. The second-order valence-electron chi connectivity index (χ2n) is 7.74. The average molecular weight is 494 g/mol. The largest absolute Gasteiger partial charge is 0.459 e. The summed E-state index contributed by atoms with van der Waals surface area (Å²) < 4.78 is 23.3. The highest BCUT2D eigenvalue weighted by Crippen LogP contribution is 2.34. The molecule has 1 saturated heterocycles. The van der Waals surface area contributed by atoms with Crippen LogP contribution in [-0.4, -0.2) is 57.4 Å². The second-order valence-corrected chi connectivity index (χ2v) is 7.74. The first-order valence-corrected chi connectivity index (χ1v) is 10.8. The van der Waals surface area contributed by atoms with Crippen LogP contribution in [0, 0.1) is 0 Å². The van der Waals surface area contributed by atoms with Crippen molar-refractivity contribution in [2.24, 2.45) is 0 Å². The zero-order valence-electron chi connectivity index (χ0n) is 19.1. The van der Waals surface area contributed by atoms with Crippen LogP contribution in [0.1, 0.15) is 33.9 Å². The minimum atomic E-state index is -1.30. The lowest BCUT2D eigenvalue weighted by atomic mass is 10.1.